The summed E-state index contributed by atoms with van der Waals surface area (Å²) in [5, 5.41) is 10.5. The normalized spacial score (nSPS) is 21.3. The molecule has 0 aromatic heterocycles. The van der Waals surface area contributed by atoms with Crippen molar-refractivity contribution in [3.63, 3.8) is 0 Å². The van der Waals surface area contributed by atoms with Crippen LogP contribution < -0.4 is 0 Å². The smallest absolute Gasteiger partial charge is 0.321 e. The number of likely N-dealkylation sites (N-methyl/N-ethyl adjacent to an activating group) is 1. The number of carbonyl (C=O) groups is 1. The quantitative estimate of drug-likeness (QED) is 0.397. The Balaban J connectivity index is 2.27. The molecular formula is C16H22N2O2S4. The summed E-state index contributed by atoms with van der Waals surface area (Å²) in [6.45, 7) is 0. The lowest BCUT2D eigenvalue weighted by molar-refractivity contribution is -0.142. The molecule has 24 heavy (non-hydrogen) atoms. The molecule has 0 fully saturated rings. The second kappa shape index (κ2) is 9.33. The molecule has 2 unspecified atom stereocenters. The fraction of sp³-hybridized carbons (Fsp3) is 0.438. The van der Waals surface area contributed by atoms with Crippen LogP contribution in [0.4, 0.5) is 0 Å². The van der Waals surface area contributed by atoms with Crippen LogP contribution in [0.25, 0.3) is 0 Å². The van der Waals surface area contributed by atoms with Gasteiger partial charge in [-0.1, -0.05) is 36.2 Å². The Morgan fingerprint density at radius 1 is 1.58 bits per heavy atom. The minimum Gasteiger partial charge on any atom is -0.480 e. The molecule has 0 bridgehead atoms. The van der Waals surface area contributed by atoms with E-state index in [-0.39, 0.29) is 26.7 Å². The summed E-state index contributed by atoms with van der Waals surface area (Å²) in [4.78, 5) is 18.3. The van der Waals surface area contributed by atoms with Crippen LogP contribution in [-0.2, 0) is 4.79 Å². The molecule has 0 amide bonds. The Kier molecular flexibility index (Phi) is 7.74. The standard InChI is InChI=1S/C16H22N2O2S4/c1-18(13(9-21)16(19)20)15(24(3)22-2)12-10-23-14(17-12)11-7-5-4-6-8-11/h4-8,12-13,15,21H,3,9-10H2,1-2H3,(H,19,20)/t12-,13+,15?,24?/m0/s1. The molecule has 4 nitrogen and oxygen atoms in total. The number of aliphatic carboxylic acids is 1. The van der Waals surface area contributed by atoms with Crippen LogP contribution in [0.5, 0.6) is 0 Å². The fourth-order valence-corrected chi connectivity index (χ4v) is 6.80. The highest BCUT2D eigenvalue weighted by atomic mass is 33.1. The zero-order chi connectivity index (χ0) is 17.7. The van der Waals surface area contributed by atoms with Crippen molar-refractivity contribution < 1.29 is 9.90 Å². The molecule has 4 atom stereocenters. The Bertz CT molecular complexity index is 624. The Morgan fingerprint density at radius 3 is 2.79 bits per heavy atom. The van der Waals surface area contributed by atoms with Gasteiger partial charge in [0.1, 0.15) is 6.04 Å². The zero-order valence-corrected chi connectivity index (χ0v) is 17.0. The third-order valence-electron chi connectivity index (χ3n) is 3.86. The molecule has 1 heterocycles. The summed E-state index contributed by atoms with van der Waals surface area (Å²) >= 11 is 5.95. The lowest BCUT2D eigenvalue weighted by Crippen LogP contribution is -2.49. The predicted octanol–water partition coefficient (Wildman–Crippen LogP) is 3.17. The molecule has 1 aliphatic rings. The first-order chi connectivity index (χ1) is 11.5. The molecule has 0 radical (unpaired) electrons. The maximum absolute atomic E-state index is 11.5. The third kappa shape index (κ3) is 4.60. The molecular weight excluding hydrogens is 380 g/mol. The number of benzene rings is 1. The van der Waals surface area contributed by atoms with E-state index in [0.717, 1.165) is 16.4 Å². The number of thiol groups is 1. The summed E-state index contributed by atoms with van der Waals surface area (Å²) in [7, 11) is 3.24. The first-order valence-electron chi connectivity index (χ1n) is 7.38. The highest BCUT2D eigenvalue weighted by Gasteiger charge is 2.36. The topological polar surface area (TPSA) is 52.9 Å². The number of hydrogen-bond donors (Lipinski definition) is 2. The van der Waals surface area contributed by atoms with Crippen LogP contribution >= 0.6 is 44.7 Å². The van der Waals surface area contributed by atoms with E-state index in [1.165, 1.54) is 0 Å². The van der Waals surface area contributed by atoms with Crippen molar-refractivity contribution >= 4 is 61.6 Å². The van der Waals surface area contributed by atoms with E-state index in [1.54, 1.807) is 22.6 Å². The molecule has 1 aromatic rings. The van der Waals surface area contributed by atoms with Crippen LogP contribution in [0.1, 0.15) is 5.56 Å². The summed E-state index contributed by atoms with van der Waals surface area (Å²) < 4.78 is 0. The number of carboxylic acids is 1. The van der Waals surface area contributed by atoms with Crippen LogP contribution in [0, 0.1) is 0 Å². The van der Waals surface area contributed by atoms with E-state index in [0.29, 0.717) is 0 Å². The zero-order valence-electron chi connectivity index (χ0n) is 13.7. The maximum Gasteiger partial charge on any atom is 0.321 e. The number of aliphatic imine (C=N–C) groups is 1. The monoisotopic (exact) mass is 402 g/mol. The van der Waals surface area contributed by atoms with Gasteiger partial charge in [0.25, 0.3) is 0 Å². The molecule has 1 N–H and O–H groups in total. The largest absolute Gasteiger partial charge is 0.480 e. The fourth-order valence-electron chi connectivity index (χ4n) is 2.56. The second-order valence-electron chi connectivity index (χ2n) is 5.32. The van der Waals surface area contributed by atoms with Gasteiger partial charge in [-0.25, -0.2) is 0 Å². The van der Waals surface area contributed by atoms with Crippen LogP contribution in [-0.4, -0.2) is 69.2 Å². The van der Waals surface area contributed by atoms with Gasteiger partial charge in [0, 0.05) is 17.1 Å². The highest BCUT2D eigenvalue weighted by molar-refractivity contribution is 8.83. The van der Waals surface area contributed by atoms with Gasteiger partial charge < -0.3 is 5.11 Å². The molecule has 0 aliphatic carbocycles. The lowest BCUT2D eigenvalue weighted by Gasteiger charge is -2.35. The van der Waals surface area contributed by atoms with Crippen LogP contribution in [0.2, 0.25) is 0 Å². The molecule has 132 valence electrons. The molecule has 0 spiro atoms. The summed E-state index contributed by atoms with van der Waals surface area (Å²) in [6, 6.07) is 9.50. The SMILES string of the molecule is C=S(SC)C([C@@H]1CSC(c2ccccc2)=N1)N(C)[C@H](CS)C(=O)O. The van der Waals surface area contributed by atoms with Gasteiger partial charge in [0.15, 0.2) is 0 Å². The van der Waals surface area contributed by atoms with Gasteiger partial charge in [-0.05, 0) is 13.3 Å². The number of thioether (sulfide) groups is 1. The van der Waals surface area contributed by atoms with Crippen molar-refractivity contribution in [1.82, 2.24) is 4.90 Å². The summed E-state index contributed by atoms with van der Waals surface area (Å²) in [5.74, 6) is 4.51. The Morgan fingerprint density at radius 2 is 2.25 bits per heavy atom. The van der Waals surface area contributed by atoms with Crippen LogP contribution in [0.15, 0.2) is 35.3 Å². The number of nitrogens with zero attached hydrogens (tertiary/aromatic N) is 2. The highest BCUT2D eigenvalue weighted by Crippen LogP contribution is 2.40. The van der Waals surface area contributed by atoms with E-state index in [1.807, 2.05) is 36.4 Å². The minimum atomic E-state index is -0.853. The summed E-state index contributed by atoms with van der Waals surface area (Å²) in [6.07, 6.45) is 2.01. The molecule has 2 rings (SSSR count). The van der Waals surface area contributed by atoms with Crippen molar-refractivity contribution in [1.29, 1.82) is 0 Å². The van der Waals surface area contributed by atoms with E-state index in [4.69, 9.17) is 4.99 Å². The molecule has 0 saturated carbocycles. The predicted molar refractivity (Wildman–Crippen MR) is 114 cm³/mol. The molecule has 1 aromatic carbocycles. The Labute approximate surface area is 159 Å². The average molecular weight is 403 g/mol. The average Bonchev–Trinajstić information content (AvgIpc) is 3.05. The maximum atomic E-state index is 11.5. The molecule has 8 heteroatoms. The van der Waals surface area contributed by atoms with E-state index in [9.17, 15) is 9.90 Å². The first kappa shape index (κ1) is 19.9. The van der Waals surface area contributed by atoms with E-state index < -0.39 is 12.0 Å². The number of hydrogen-bond acceptors (Lipinski definition) is 6. The van der Waals surface area contributed by atoms with Crippen LogP contribution in [0.3, 0.4) is 0 Å². The van der Waals surface area contributed by atoms with Gasteiger partial charge in [0.05, 0.1) is 16.5 Å². The van der Waals surface area contributed by atoms with Crippen molar-refractivity contribution in [3.05, 3.63) is 35.9 Å². The number of carboxylic acid groups (broad SMARTS) is 1. The Hall–Kier alpha value is -0.410. The number of rotatable bonds is 8. The van der Waals surface area contributed by atoms with Crippen molar-refractivity contribution in [2.24, 2.45) is 4.99 Å². The van der Waals surface area contributed by atoms with Gasteiger partial charge in [0.2, 0.25) is 0 Å². The first-order valence-corrected chi connectivity index (χ1v) is 12.2. The minimum absolute atomic E-state index is 0.0260. The van der Waals surface area contributed by atoms with Gasteiger partial charge in [-0.15, -0.1) is 32.1 Å². The lowest BCUT2D eigenvalue weighted by atomic mass is 10.2. The van der Waals surface area contributed by atoms with Gasteiger partial charge in [-0.3, -0.25) is 14.7 Å². The van der Waals surface area contributed by atoms with Gasteiger partial charge in [-0.2, -0.15) is 12.6 Å². The van der Waals surface area contributed by atoms with E-state index >= 15 is 0 Å². The summed E-state index contributed by atoms with van der Waals surface area (Å²) in [5.41, 5.74) is 1.11. The van der Waals surface area contributed by atoms with Crippen molar-refractivity contribution in [2.75, 3.05) is 24.8 Å². The second-order valence-corrected chi connectivity index (χ2v) is 10.6. The van der Waals surface area contributed by atoms with Crippen molar-refractivity contribution in [3.8, 4) is 0 Å². The van der Waals surface area contributed by atoms with E-state index in [2.05, 4.69) is 30.6 Å². The van der Waals surface area contributed by atoms with Crippen molar-refractivity contribution in [2.45, 2.75) is 17.5 Å². The molecule has 0 saturated heterocycles. The third-order valence-corrected chi connectivity index (χ3v) is 8.82. The van der Waals surface area contributed by atoms with Gasteiger partial charge >= 0.3 is 5.97 Å². The molecule has 1 aliphatic heterocycles.